The van der Waals surface area contributed by atoms with E-state index in [0.717, 1.165) is 54.7 Å². The maximum Gasteiger partial charge on any atom is 0.232 e. The molecule has 3 aromatic carbocycles. The lowest BCUT2D eigenvalue weighted by atomic mass is 9.85. The number of amides is 1. The van der Waals surface area contributed by atoms with Crippen LogP contribution in [0.1, 0.15) is 42.7 Å². The summed E-state index contributed by atoms with van der Waals surface area (Å²) < 4.78 is 0. The third-order valence-corrected chi connectivity index (χ3v) is 7.47. The van der Waals surface area contributed by atoms with Crippen LogP contribution in [0.25, 0.3) is 10.9 Å². The molecule has 5 nitrogen and oxygen atoms in total. The number of hydrogen-bond acceptors (Lipinski definition) is 4. The van der Waals surface area contributed by atoms with E-state index in [4.69, 9.17) is 4.98 Å². The second kappa shape index (κ2) is 11.5. The Bertz CT molecular complexity index is 1280. The minimum Gasteiger partial charge on any atom is -0.377 e. The van der Waals surface area contributed by atoms with Crippen LogP contribution < -0.4 is 15.5 Å². The van der Waals surface area contributed by atoms with Crippen molar-refractivity contribution >= 4 is 28.3 Å². The van der Waals surface area contributed by atoms with E-state index in [1.165, 1.54) is 11.1 Å². The lowest BCUT2D eigenvalue weighted by Gasteiger charge is -2.30. The molecule has 0 aliphatic heterocycles. The number of hydrogen-bond donors (Lipinski definition) is 2. The number of pyridine rings is 1. The molecule has 1 saturated carbocycles. The minimum atomic E-state index is -0.287. The number of nitrogens with one attached hydrogen (secondary N) is 2. The normalized spacial score (nSPS) is 17.5. The molecule has 1 aliphatic carbocycles. The van der Waals surface area contributed by atoms with E-state index < -0.39 is 0 Å². The van der Waals surface area contributed by atoms with Crippen LogP contribution in [0.5, 0.6) is 0 Å². The average Bonchev–Trinajstić information content (AvgIpc) is 2.93. The molecule has 0 radical (unpaired) electrons. The van der Waals surface area contributed by atoms with E-state index in [0.29, 0.717) is 12.0 Å². The zero-order valence-corrected chi connectivity index (χ0v) is 21.7. The van der Waals surface area contributed by atoms with Gasteiger partial charge in [-0.2, -0.15) is 0 Å². The molecule has 1 fully saturated rings. The van der Waals surface area contributed by atoms with Gasteiger partial charge in [0.25, 0.3) is 0 Å². The number of anilines is 2. The first-order chi connectivity index (χ1) is 18.1. The monoisotopic (exact) mass is 492 g/mol. The Morgan fingerprint density at radius 2 is 1.46 bits per heavy atom. The molecule has 1 aliphatic rings. The molecule has 37 heavy (non-hydrogen) atoms. The highest BCUT2D eigenvalue weighted by atomic mass is 16.1. The number of rotatable bonds is 8. The molecule has 190 valence electrons. The molecule has 4 aromatic rings. The maximum absolute atomic E-state index is 13.4. The van der Waals surface area contributed by atoms with Crippen molar-refractivity contribution in [3.05, 3.63) is 102 Å². The molecule has 5 heteroatoms. The molecule has 2 N–H and O–H groups in total. The van der Waals surface area contributed by atoms with E-state index in [9.17, 15) is 4.79 Å². The summed E-state index contributed by atoms with van der Waals surface area (Å²) in [6.07, 6.45) is 4.33. The van der Waals surface area contributed by atoms with Crippen molar-refractivity contribution in [1.29, 1.82) is 0 Å². The highest BCUT2D eigenvalue weighted by Crippen LogP contribution is 2.31. The number of carbonyl (C=O) groups is 1. The largest absolute Gasteiger partial charge is 0.377 e. The number of carbonyl (C=O) groups excluding carboxylic acids is 1. The zero-order chi connectivity index (χ0) is 25.6. The van der Waals surface area contributed by atoms with Gasteiger partial charge in [-0.05, 0) is 48.8 Å². The molecular weight excluding hydrogens is 456 g/mol. The molecule has 1 aromatic heterocycles. The quantitative estimate of drug-likeness (QED) is 0.307. The Kier molecular flexibility index (Phi) is 7.69. The van der Waals surface area contributed by atoms with E-state index >= 15 is 0 Å². The molecule has 0 atom stereocenters. The predicted molar refractivity (Wildman–Crippen MR) is 153 cm³/mol. The van der Waals surface area contributed by atoms with Crippen LogP contribution in [0.4, 0.5) is 11.5 Å². The van der Waals surface area contributed by atoms with Crippen LogP contribution in [0, 0.1) is 5.92 Å². The zero-order valence-electron chi connectivity index (χ0n) is 21.7. The Balaban J connectivity index is 1.18. The van der Waals surface area contributed by atoms with Gasteiger partial charge in [-0.25, -0.2) is 4.98 Å². The summed E-state index contributed by atoms with van der Waals surface area (Å²) >= 11 is 0. The molecule has 5 rings (SSSR count). The fourth-order valence-corrected chi connectivity index (χ4v) is 5.45. The van der Waals surface area contributed by atoms with Gasteiger partial charge in [0, 0.05) is 43.8 Å². The third-order valence-electron chi connectivity index (χ3n) is 7.47. The topological polar surface area (TPSA) is 57.3 Å². The fraction of sp³-hybridized carbons (Fsp3) is 0.312. The molecule has 1 heterocycles. The van der Waals surface area contributed by atoms with Crippen molar-refractivity contribution in [2.75, 3.05) is 30.9 Å². The van der Waals surface area contributed by atoms with Gasteiger partial charge < -0.3 is 15.5 Å². The summed E-state index contributed by atoms with van der Waals surface area (Å²) in [6.45, 7) is 0.723. The van der Waals surface area contributed by atoms with Crippen LogP contribution in [0.3, 0.4) is 0 Å². The summed E-state index contributed by atoms with van der Waals surface area (Å²) in [4.78, 5) is 20.4. The molecule has 0 unspecified atom stereocenters. The molecule has 0 saturated heterocycles. The number of benzene rings is 3. The average molecular weight is 493 g/mol. The van der Waals surface area contributed by atoms with Gasteiger partial charge in [0.05, 0.1) is 11.4 Å². The van der Waals surface area contributed by atoms with Gasteiger partial charge in [-0.3, -0.25) is 4.79 Å². The standard InChI is InChI=1S/C32H36N4O/c1-36(2)29-21-30(35-28-16-10-9-15-27(28)29)34-26-19-17-23(18-20-26)22-33-32(37)31(24-11-5-3-6-12-24)25-13-7-4-8-14-25/h3-16,21,23,26,31H,17-20,22H2,1-2H3,(H,33,37)(H,34,35). The lowest BCUT2D eigenvalue weighted by molar-refractivity contribution is -0.121. The molecule has 0 bridgehead atoms. The smallest absolute Gasteiger partial charge is 0.232 e. The Morgan fingerprint density at radius 3 is 2.08 bits per heavy atom. The Hall–Kier alpha value is -3.86. The minimum absolute atomic E-state index is 0.0780. The van der Waals surface area contributed by atoms with Crippen LogP contribution in [-0.4, -0.2) is 37.6 Å². The van der Waals surface area contributed by atoms with E-state index in [2.05, 4.69) is 53.9 Å². The third kappa shape index (κ3) is 5.93. The second-order valence-electron chi connectivity index (χ2n) is 10.3. The van der Waals surface area contributed by atoms with Gasteiger partial charge in [-0.15, -0.1) is 0 Å². The fourth-order valence-electron chi connectivity index (χ4n) is 5.45. The van der Waals surface area contributed by atoms with Gasteiger partial charge in [0.2, 0.25) is 5.91 Å². The Labute approximate surface area is 219 Å². The maximum atomic E-state index is 13.4. The van der Waals surface area contributed by atoms with Crippen molar-refractivity contribution < 1.29 is 4.79 Å². The van der Waals surface area contributed by atoms with Crippen LogP contribution in [0.15, 0.2) is 91.0 Å². The number of nitrogens with zero attached hydrogens (tertiary/aromatic N) is 2. The number of fused-ring (bicyclic) bond motifs is 1. The summed E-state index contributed by atoms with van der Waals surface area (Å²) in [5, 5.41) is 8.13. The van der Waals surface area contributed by atoms with Gasteiger partial charge in [0.15, 0.2) is 0 Å². The first-order valence-electron chi connectivity index (χ1n) is 13.3. The number of aromatic nitrogens is 1. The van der Waals surface area contributed by atoms with Crippen molar-refractivity contribution in [1.82, 2.24) is 10.3 Å². The SMILES string of the molecule is CN(C)c1cc(NC2CCC(CNC(=O)C(c3ccccc3)c3ccccc3)CC2)nc2ccccc12. The Morgan fingerprint density at radius 1 is 0.865 bits per heavy atom. The summed E-state index contributed by atoms with van der Waals surface area (Å²) in [5.74, 6) is 1.23. The summed E-state index contributed by atoms with van der Waals surface area (Å²) in [5.41, 5.74) is 4.24. The van der Waals surface area contributed by atoms with Gasteiger partial charge in [-0.1, -0.05) is 78.9 Å². The van der Waals surface area contributed by atoms with Crippen LogP contribution >= 0.6 is 0 Å². The molecule has 0 spiro atoms. The van der Waals surface area contributed by atoms with Crippen molar-refractivity contribution in [3.8, 4) is 0 Å². The summed E-state index contributed by atoms with van der Waals surface area (Å²) in [6, 6.07) is 31.0. The number of para-hydroxylation sites is 1. The first-order valence-corrected chi connectivity index (χ1v) is 13.3. The van der Waals surface area contributed by atoms with E-state index in [1.54, 1.807) is 0 Å². The predicted octanol–water partition coefficient (Wildman–Crippen LogP) is 6.22. The summed E-state index contributed by atoms with van der Waals surface area (Å²) in [7, 11) is 4.15. The van der Waals surface area contributed by atoms with Gasteiger partial charge >= 0.3 is 0 Å². The van der Waals surface area contributed by atoms with Gasteiger partial charge in [0.1, 0.15) is 5.82 Å². The van der Waals surface area contributed by atoms with Crippen molar-refractivity contribution in [2.24, 2.45) is 5.92 Å². The van der Waals surface area contributed by atoms with Crippen molar-refractivity contribution in [2.45, 2.75) is 37.6 Å². The molecular formula is C32H36N4O. The van der Waals surface area contributed by atoms with Crippen molar-refractivity contribution in [3.63, 3.8) is 0 Å². The van der Waals surface area contributed by atoms with Crippen LogP contribution in [0.2, 0.25) is 0 Å². The van der Waals surface area contributed by atoms with E-state index in [1.807, 2.05) is 66.7 Å². The highest BCUT2D eigenvalue weighted by Gasteiger charge is 2.26. The lowest BCUT2D eigenvalue weighted by Crippen LogP contribution is -2.36. The molecule has 1 amide bonds. The second-order valence-corrected chi connectivity index (χ2v) is 10.3. The van der Waals surface area contributed by atoms with E-state index in [-0.39, 0.29) is 11.8 Å². The first kappa shape index (κ1) is 24.8. The highest BCUT2D eigenvalue weighted by molar-refractivity contribution is 5.93. The van der Waals surface area contributed by atoms with Crippen LogP contribution in [-0.2, 0) is 4.79 Å².